The van der Waals surface area contributed by atoms with Crippen LogP contribution >= 0.6 is 15.9 Å². The van der Waals surface area contributed by atoms with E-state index in [1.165, 1.54) is 0 Å². The highest BCUT2D eigenvalue weighted by atomic mass is 79.9. The first-order valence-electron chi connectivity index (χ1n) is 5.57. The number of rotatable bonds is 3. The van der Waals surface area contributed by atoms with Crippen molar-refractivity contribution in [2.45, 2.75) is 25.8 Å². The van der Waals surface area contributed by atoms with Crippen LogP contribution in [0.25, 0.3) is 0 Å². The Hall–Kier alpha value is -0.680. The molecule has 1 aliphatic rings. The monoisotopic (exact) mass is 285 g/mol. The third-order valence-electron chi connectivity index (χ3n) is 2.95. The molecule has 4 nitrogen and oxygen atoms in total. The Morgan fingerprint density at radius 2 is 2.00 bits per heavy atom. The van der Waals surface area contributed by atoms with Gasteiger partial charge in [-0.15, -0.1) is 0 Å². The van der Waals surface area contributed by atoms with Gasteiger partial charge in [-0.25, -0.2) is 9.97 Å². The Balaban J connectivity index is 1.90. The predicted molar refractivity (Wildman–Crippen MR) is 66.4 cm³/mol. The molecular formula is C11H16BrN3O. The van der Waals surface area contributed by atoms with Gasteiger partial charge in [-0.1, -0.05) is 0 Å². The van der Waals surface area contributed by atoms with E-state index in [2.05, 4.69) is 38.1 Å². The van der Waals surface area contributed by atoms with Gasteiger partial charge >= 0.3 is 0 Å². The van der Waals surface area contributed by atoms with E-state index in [0.29, 0.717) is 17.9 Å². The number of halogens is 1. The zero-order valence-corrected chi connectivity index (χ0v) is 10.9. The van der Waals surface area contributed by atoms with Crippen LogP contribution < -0.4 is 5.32 Å². The minimum atomic E-state index is 0.394. The highest BCUT2D eigenvalue weighted by molar-refractivity contribution is 9.10. The second kappa shape index (κ2) is 5.59. The first-order valence-corrected chi connectivity index (χ1v) is 6.37. The molecule has 1 aromatic heterocycles. The molecule has 1 aliphatic heterocycles. The van der Waals surface area contributed by atoms with Gasteiger partial charge in [0, 0.05) is 31.6 Å². The summed E-state index contributed by atoms with van der Waals surface area (Å²) >= 11 is 3.32. The molecule has 0 aliphatic carbocycles. The molecule has 16 heavy (non-hydrogen) atoms. The van der Waals surface area contributed by atoms with E-state index in [1.54, 1.807) is 12.4 Å². The topological polar surface area (TPSA) is 47.0 Å². The third kappa shape index (κ3) is 3.15. The van der Waals surface area contributed by atoms with Gasteiger partial charge in [-0.2, -0.15) is 0 Å². The van der Waals surface area contributed by atoms with Crippen molar-refractivity contribution in [3.8, 4) is 0 Å². The van der Waals surface area contributed by atoms with Crippen molar-refractivity contribution < 1.29 is 4.74 Å². The molecule has 5 heteroatoms. The van der Waals surface area contributed by atoms with Crippen molar-refractivity contribution in [1.82, 2.24) is 9.97 Å². The van der Waals surface area contributed by atoms with Gasteiger partial charge in [0.25, 0.3) is 0 Å². The first kappa shape index (κ1) is 11.8. The van der Waals surface area contributed by atoms with Crippen LogP contribution in [0.5, 0.6) is 0 Å². The molecule has 1 aromatic rings. The van der Waals surface area contributed by atoms with Crippen LogP contribution in [0.1, 0.15) is 19.8 Å². The largest absolute Gasteiger partial charge is 0.381 e. The molecule has 1 fully saturated rings. The minimum absolute atomic E-state index is 0.394. The van der Waals surface area contributed by atoms with Gasteiger partial charge in [0.15, 0.2) is 0 Å². The van der Waals surface area contributed by atoms with Crippen LogP contribution in [0.15, 0.2) is 16.9 Å². The fraction of sp³-hybridized carbons (Fsp3) is 0.636. The second-order valence-electron chi connectivity index (χ2n) is 4.11. The summed E-state index contributed by atoms with van der Waals surface area (Å²) in [6.07, 6.45) is 5.74. The lowest BCUT2D eigenvalue weighted by atomic mass is 9.93. The van der Waals surface area contributed by atoms with Crippen molar-refractivity contribution in [3.63, 3.8) is 0 Å². The smallest absolute Gasteiger partial charge is 0.222 e. The SMILES string of the molecule is CC(Nc1ncc(Br)cn1)C1CCOCC1. The van der Waals surface area contributed by atoms with Crippen molar-refractivity contribution in [1.29, 1.82) is 0 Å². The lowest BCUT2D eigenvalue weighted by Crippen LogP contribution is -2.31. The molecule has 1 saturated heterocycles. The third-order valence-corrected chi connectivity index (χ3v) is 3.36. The maximum atomic E-state index is 5.35. The van der Waals surface area contributed by atoms with Gasteiger partial charge in [-0.3, -0.25) is 0 Å². The van der Waals surface area contributed by atoms with Gasteiger partial charge in [0.05, 0.1) is 4.47 Å². The number of ether oxygens (including phenoxy) is 1. The molecule has 0 saturated carbocycles. The normalized spacial score (nSPS) is 19.4. The van der Waals surface area contributed by atoms with Crippen molar-refractivity contribution >= 4 is 21.9 Å². The van der Waals surface area contributed by atoms with E-state index in [1.807, 2.05) is 0 Å². The van der Waals surface area contributed by atoms with E-state index in [9.17, 15) is 0 Å². The predicted octanol–water partition coefficient (Wildman–Crippen LogP) is 2.47. The molecular weight excluding hydrogens is 270 g/mol. The number of nitrogens with one attached hydrogen (secondary N) is 1. The summed E-state index contributed by atoms with van der Waals surface area (Å²) in [7, 11) is 0. The molecule has 0 amide bonds. The first-order chi connectivity index (χ1) is 7.75. The summed E-state index contributed by atoms with van der Waals surface area (Å²) in [5.41, 5.74) is 0. The number of anilines is 1. The highest BCUT2D eigenvalue weighted by Crippen LogP contribution is 2.20. The van der Waals surface area contributed by atoms with E-state index in [4.69, 9.17) is 4.74 Å². The quantitative estimate of drug-likeness (QED) is 0.927. The number of aromatic nitrogens is 2. The van der Waals surface area contributed by atoms with Crippen LogP contribution in [0.3, 0.4) is 0 Å². The Bertz CT molecular complexity index is 325. The van der Waals surface area contributed by atoms with E-state index < -0.39 is 0 Å². The zero-order chi connectivity index (χ0) is 11.4. The van der Waals surface area contributed by atoms with Gasteiger partial charge < -0.3 is 10.1 Å². The number of nitrogens with zero attached hydrogens (tertiary/aromatic N) is 2. The Kier molecular flexibility index (Phi) is 4.12. The minimum Gasteiger partial charge on any atom is -0.381 e. The summed E-state index contributed by atoms with van der Waals surface area (Å²) in [6.45, 7) is 3.93. The summed E-state index contributed by atoms with van der Waals surface area (Å²) in [5, 5.41) is 3.34. The zero-order valence-electron chi connectivity index (χ0n) is 9.32. The lowest BCUT2D eigenvalue weighted by Gasteiger charge is -2.28. The maximum Gasteiger partial charge on any atom is 0.222 e. The summed E-state index contributed by atoms with van der Waals surface area (Å²) < 4.78 is 6.25. The Morgan fingerprint density at radius 1 is 1.38 bits per heavy atom. The highest BCUT2D eigenvalue weighted by Gasteiger charge is 2.20. The fourth-order valence-corrected chi connectivity index (χ4v) is 2.13. The van der Waals surface area contributed by atoms with E-state index >= 15 is 0 Å². The summed E-state index contributed by atoms with van der Waals surface area (Å²) in [4.78, 5) is 8.43. The molecule has 2 heterocycles. The maximum absolute atomic E-state index is 5.35. The Labute approximate surface area is 104 Å². The van der Waals surface area contributed by atoms with Crippen LogP contribution in [-0.2, 0) is 4.74 Å². The molecule has 1 unspecified atom stereocenters. The van der Waals surface area contributed by atoms with Gasteiger partial charge in [-0.05, 0) is 41.6 Å². The summed E-state index contributed by atoms with van der Waals surface area (Å²) in [6, 6.07) is 0.394. The lowest BCUT2D eigenvalue weighted by molar-refractivity contribution is 0.0621. The molecule has 0 bridgehead atoms. The number of hydrogen-bond donors (Lipinski definition) is 1. The fourth-order valence-electron chi connectivity index (χ4n) is 1.92. The van der Waals surface area contributed by atoms with Crippen LogP contribution in [0, 0.1) is 5.92 Å². The van der Waals surface area contributed by atoms with Crippen molar-refractivity contribution in [3.05, 3.63) is 16.9 Å². The number of hydrogen-bond acceptors (Lipinski definition) is 4. The second-order valence-corrected chi connectivity index (χ2v) is 5.02. The molecule has 0 aromatic carbocycles. The van der Waals surface area contributed by atoms with Crippen LogP contribution in [-0.4, -0.2) is 29.2 Å². The van der Waals surface area contributed by atoms with Crippen molar-refractivity contribution in [2.75, 3.05) is 18.5 Å². The molecule has 1 atom stereocenters. The van der Waals surface area contributed by atoms with Crippen molar-refractivity contribution in [2.24, 2.45) is 5.92 Å². The summed E-state index contributed by atoms with van der Waals surface area (Å²) in [5.74, 6) is 1.35. The molecule has 2 rings (SSSR count). The molecule has 0 radical (unpaired) electrons. The average molecular weight is 286 g/mol. The standard InChI is InChI=1S/C11H16BrN3O/c1-8(9-2-4-16-5-3-9)15-11-13-6-10(12)7-14-11/h6-9H,2-5H2,1H3,(H,13,14,15). The average Bonchev–Trinajstić information content (AvgIpc) is 2.33. The van der Waals surface area contributed by atoms with Crippen LogP contribution in [0.4, 0.5) is 5.95 Å². The molecule has 1 N–H and O–H groups in total. The van der Waals surface area contributed by atoms with E-state index in [-0.39, 0.29) is 0 Å². The Morgan fingerprint density at radius 3 is 2.62 bits per heavy atom. The molecule has 0 spiro atoms. The van der Waals surface area contributed by atoms with E-state index in [0.717, 1.165) is 30.5 Å². The van der Waals surface area contributed by atoms with Gasteiger partial charge in [0.1, 0.15) is 0 Å². The van der Waals surface area contributed by atoms with Gasteiger partial charge in [0.2, 0.25) is 5.95 Å². The van der Waals surface area contributed by atoms with Crippen LogP contribution in [0.2, 0.25) is 0 Å². The molecule has 88 valence electrons.